The van der Waals surface area contributed by atoms with Gasteiger partial charge in [-0.1, -0.05) is 36.9 Å². The monoisotopic (exact) mass is 252 g/mol. The predicted molar refractivity (Wildman–Crippen MR) is 75.1 cm³/mol. The Hall–Kier alpha value is -2.60. The summed E-state index contributed by atoms with van der Waals surface area (Å²) < 4.78 is 13.6. The van der Waals surface area contributed by atoms with E-state index in [0.29, 0.717) is 17.8 Å². The van der Waals surface area contributed by atoms with Crippen molar-refractivity contribution in [1.82, 2.24) is 0 Å². The number of halogens is 1. The number of nitrogens with zero attached hydrogens (tertiary/aromatic N) is 1. The maximum atomic E-state index is 13.6. The van der Waals surface area contributed by atoms with Gasteiger partial charge in [0.25, 0.3) is 0 Å². The summed E-state index contributed by atoms with van der Waals surface area (Å²) in [5.74, 6) is -0.431. The van der Waals surface area contributed by atoms with Crippen LogP contribution in [0.2, 0.25) is 0 Å². The first-order valence-electron chi connectivity index (χ1n) is 5.87. The van der Waals surface area contributed by atoms with Crippen LogP contribution in [-0.4, -0.2) is 6.54 Å². The first kappa shape index (κ1) is 12.8. The minimum Gasteiger partial charge on any atom is -0.379 e. The molecular weight excluding hydrogens is 239 g/mol. The summed E-state index contributed by atoms with van der Waals surface area (Å²) in [5, 5.41) is 11.6. The van der Waals surface area contributed by atoms with Crippen LogP contribution in [0.15, 0.2) is 55.1 Å². The highest BCUT2D eigenvalue weighted by atomic mass is 19.1. The van der Waals surface area contributed by atoms with E-state index in [-0.39, 0.29) is 0 Å². The van der Waals surface area contributed by atoms with Gasteiger partial charge in [0.2, 0.25) is 0 Å². The van der Waals surface area contributed by atoms with Gasteiger partial charge in [-0.3, -0.25) is 0 Å². The number of nitrogens with one attached hydrogen (secondary N) is 1. The van der Waals surface area contributed by atoms with E-state index in [4.69, 9.17) is 5.26 Å². The van der Waals surface area contributed by atoms with Gasteiger partial charge in [-0.15, -0.1) is 0 Å². The van der Waals surface area contributed by atoms with E-state index < -0.39 is 5.82 Å². The zero-order chi connectivity index (χ0) is 13.7. The van der Waals surface area contributed by atoms with Crippen LogP contribution in [0.3, 0.4) is 0 Å². The Balaban J connectivity index is 2.04. The van der Waals surface area contributed by atoms with Crippen molar-refractivity contribution in [2.75, 3.05) is 11.9 Å². The maximum Gasteiger partial charge on any atom is 0.147 e. The molecule has 0 radical (unpaired) electrons. The second kappa shape index (κ2) is 5.83. The lowest BCUT2D eigenvalue weighted by molar-refractivity contribution is 0.630. The number of benzene rings is 2. The molecule has 0 aliphatic carbocycles. The lowest BCUT2D eigenvalue weighted by atomic mass is 10.1. The average Bonchev–Trinajstić information content (AvgIpc) is 2.46. The summed E-state index contributed by atoms with van der Waals surface area (Å²) in [6, 6.07) is 16.0. The summed E-state index contributed by atoms with van der Waals surface area (Å²) in [5.41, 5.74) is 2.58. The number of anilines is 1. The van der Waals surface area contributed by atoms with Crippen LogP contribution in [0.1, 0.15) is 11.1 Å². The molecule has 2 aromatic carbocycles. The van der Waals surface area contributed by atoms with Crippen molar-refractivity contribution in [3.63, 3.8) is 0 Å². The molecule has 2 aromatic rings. The van der Waals surface area contributed by atoms with Crippen molar-refractivity contribution in [2.24, 2.45) is 0 Å². The molecule has 0 saturated heterocycles. The SMILES string of the molecule is C=C(CNc1ccc(C#N)cc1F)c1ccccc1. The van der Waals surface area contributed by atoms with Gasteiger partial charge in [-0.25, -0.2) is 4.39 Å². The van der Waals surface area contributed by atoms with Crippen LogP contribution in [-0.2, 0) is 0 Å². The third-order valence-electron chi connectivity index (χ3n) is 2.77. The maximum absolute atomic E-state index is 13.6. The van der Waals surface area contributed by atoms with Gasteiger partial charge in [0, 0.05) is 6.54 Å². The largest absolute Gasteiger partial charge is 0.379 e. The van der Waals surface area contributed by atoms with Crippen LogP contribution in [0, 0.1) is 17.1 Å². The standard InChI is InChI=1S/C16H13FN2/c1-12(14-5-3-2-4-6-14)11-19-16-8-7-13(10-18)9-15(16)17/h2-9,19H,1,11H2. The van der Waals surface area contributed by atoms with Crippen molar-refractivity contribution >= 4 is 11.3 Å². The number of rotatable bonds is 4. The molecule has 0 fully saturated rings. The molecule has 19 heavy (non-hydrogen) atoms. The van der Waals surface area contributed by atoms with Gasteiger partial charge in [0.05, 0.1) is 17.3 Å². The summed E-state index contributed by atoms with van der Waals surface area (Å²) in [6.07, 6.45) is 0. The molecule has 0 bridgehead atoms. The van der Waals surface area contributed by atoms with Crippen LogP contribution in [0.5, 0.6) is 0 Å². The van der Waals surface area contributed by atoms with Crippen LogP contribution in [0.25, 0.3) is 5.57 Å². The van der Waals surface area contributed by atoms with E-state index in [1.807, 2.05) is 36.4 Å². The molecular formula is C16H13FN2. The molecule has 94 valence electrons. The molecule has 0 heterocycles. The summed E-state index contributed by atoms with van der Waals surface area (Å²) in [7, 11) is 0. The normalized spacial score (nSPS) is 9.68. The second-order valence-corrected chi connectivity index (χ2v) is 4.13. The number of hydrogen-bond donors (Lipinski definition) is 1. The highest BCUT2D eigenvalue weighted by Gasteiger charge is 2.04. The van der Waals surface area contributed by atoms with Gasteiger partial charge in [-0.05, 0) is 29.3 Å². The highest BCUT2D eigenvalue weighted by Crippen LogP contribution is 2.17. The lowest BCUT2D eigenvalue weighted by Gasteiger charge is -2.10. The third-order valence-corrected chi connectivity index (χ3v) is 2.77. The van der Waals surface area contributed by atoms with Gasteiger partial charge in [0.15, 0.2) is 0 Å². The van der Waals surface area contributed by atoms with Gasteiger partial charge in [-0.2, -0.15) is 5.26 Å². The molecule has 0 aromatic heterocycles. The Morgan fingerprint density at radius 2 is 1.95 bits per heavy atom. The molecule has 0 spiro atoms. The van der Waals surface area contributed by atoms with E-state index >= 15 is 0 Å². The first-order chi connectivity index (χ1) is 9.20. The Morgan fingerprint density at radius 1 is 1.21 bits per heavy atom. The lowest BCUT2D eigenvalue weighted by Crippen LogP contribution is -2.05. The van der Waals surface area contributed by atoms with Crippen molar-refractivity contribution in [2.45, 2.75) is 0 Å². The van der Waals surface area contributed by atoms with E-state index in [1.165, 1.54) is 6.07 Å². The Labute approximate surface area is 111 Å². The van der Waals surface area contributed by atoms with Crippen LogP contribution in [0.4, 0.5) is 10.1 Å². The first-order valence-corrected chi connectivity index (χ1v) is 5.87. The van der Waals surface area contributed by atoms with Crippen molar-refractivity contribution in [3.05, 3.63) is 72.1 Å². The molecule has 3 heteroatoms. The third kappa shape index (κ3) is 3.20. The molecule has 2 nitrogen and oxygen atoms in total. The smallest absolute Gasteiger partial charge is 0.147 e. The molecule has 0 saturated carbocycles. The van der Waals surface area contributed by atoms with E-state index in [9.17, 15) is 4.39 Å². The molecule has 0 aliphatic heterocycles. The molecule has 0 aliphatic rings. The van der Waals surface area contributed by atoms with Crippen molar-refractivity contribution in [3.8, 4) is 6.07 Å². The Kier molecular flexibility index (Phi) is 3.94. The van der Waals surface area contributed by atoms with Gasteiger partial charge in [0.1, 0.15) is 5.82 Å². The van der Waals surface area contributed by atoms with Crippen LogP contribution < -0.4 is 5.32 Å². The quantitative estimate of drug-likeness (QED) is 0.897. The van der Waals surface area contributed by atoms with Gasteiger partial charge < -0.3 is 5.32 Å². The summed E-state index contributed by atoms with van der Waals surface area (Å²) in [6.45, 7) is 4.42. The minimum atomic E-state index is -0.431. The number of nitriles is 1. The minimum absolute atomic E-state index is 0.310. The van der Waals surface area contributed by atoms with Crippen molar-refractivity contribution < 1.29 is 4.39 Å². The van der Waals surface area contributed by atoms with Gasteiger partial charge >= 0.3 is 0 Å². The average molecular weight is 252 g/mol. The fraction of sp³-hybridized carbons (Fsp3) is 0.0625. The van der Waals surface area contributed by atoms with E-state index in [2.05, 4.69) is 11.9 Å². The van der Waals surface area contributed by atoms with E-state index in [1.54, 1.807) is 12.1 Å². The topological polar surface area (TPSA) is 35.8 Å². The fourth-order valence-electron chi connectivity index (χ4n) is 1.71. The van der Waals surface area contributed by atoms with Crippen LogP contribution >= 0.6 is 0 Å². The summed E-state index contributed by atoms with van der Waals surface area (Å²) in [4.78, 5) is 0. The Bertz CT molecular complexity index is 627. The second-order valence-electron chi connectivity index (χ2n) is 4.13. The predicted octanol–water partition coefficient (Wildman–Crippen LogP) is 3.82. The number of hydrogen-bond acceptors (Lipinski definition) is 2. The van der Waals surface area contributed by atoms with E-state index in [0.717, 1.165) is 11.1 Å². The molecule has 1 N–H and O–H groups in total. The zero-order valence-corrected chi connectivity index (χ0v) is 10.4. The Morgan fingerprint density at radius 3 is 2.58 bits per heavy atom. The zero-order valence-electron chi connectivity index (χ0n) is 10.4. The van der Waals surface area contributed by atoms with Crippen molar-refractivity contribution in [1.29, 1.82) is 5.26 Å². The highest BCUT2D eigenvalue weighted by molar-refractivity contribution is 5.67. The molecule has 0 amide bonds. The molecule has 0 atom stereocenters. The molecule has 0 unspecified atom stereocenters. The fourth-order valence-corrected chi connectivity index (χ4v) is 1.71. The molecule has 2 rings (SSSR count). The summed E-state index contributed by atoms with van der Waals surface area (Å²) >= 11 is 0.